The van der Waals surface area contributed by atoms with Gasteiger partial charge in [-0.2, -0.15) is 0 Å². The largest absolute Gasteiger partial charge is 0.386 e. The van der Waals surface area contributed by atoms with Crippen LogP contribution in [0, 0.1) is 5.92 Å². The molecule has 4 rings (SSSR count). The molecule has 0 spiro atoms. The van der Waals surface area contributed by atoms with Crippen molar-refractivity contribution >= 4 is 21.5 Å². The quantitative estimate of drug-likeness (QED) is 0.446. The van der Waals surface area contributed by atoms with Crippen molar-refractivity contribution in [2.75, 3.05) is 0 Å². The number of benzene rings is 3. The minimum absolute atomic E-state index is 0.626. The molecular formula is C26H27NO. The Bertz CT molecular complexity index is 1150. The monoisotopic (exact) mass is 369 g/mol. The summed E-state index contributed by atoms with van der Waals surface area (Å²) in [5.74, 6) is 0.626. The van der Waals surface area contributed by atoms with Crippen LogP contribution in [0.2, 0.25) is 0 Å². The van der Waals surface area contributed by atoms with Crippen LogP contribution in [0.25, 0.3) is 32.8 Å². The van der Waals surface area contributed by atoms with Crippen molar-refractivity contribution in [1.29, 1.82) is 0 Å². The maximum absolute atomic E-state index is 11.0. The highest BCUT2D eigenvalue weighted by Gasteiger charge is 2.25. The van der Waals surface area contributed by atoms with Crippen molar-refractivity contribution in [3.63, 3.8) is 0 Å². The molecule has 3 aromatic carbocycles. The Morgan fingerprint density at radius 1 is 0.893 bits per heavy atom. The molecule has 0 amide bonds. The lowest BCUT2D eigenvalue weighted by molar-refractivity contribution is 0.0807. The normalized spacial score (nSPS) is 12.2. The molecule has 0 aliphatic carbocycles. The van der Waals surface area contributed by atoms with Gasteiger partial charge >= 0.3 is 0 Å². The lowest BCUT2D eigenvalue weighted by Crippen LogP contribution is -2.17. The summed E-state index contributed by atoms with van der Waals surface area (Å²) in [7, 11) is 0. The summed E-state index contributed by atoms with van der Waals surface area (Å²) in [5, 5.41) is 15.5. The first-order chi connectivity index (χ1) is 13.3. The van der Waals surface area contributed by atoms with Gasteiger partial charge in [-0.05, 0) is 54.0 Å². The van der Waals surface area contributed by atoms with Crippen molar-refractivity contribution in [3.8, 4) is 11.3 Å². The SMILES string of the molecule is CC(C)Cc1ccc2c(-c3ccc4ccccc4c3C(C)(C)O)nccc2c1. The molecule has 142 valence electrons. The predicted molar refractivity (Wildman–Crippen MR) is 118 cm³/mol. The van der Waals surface area contributed by atoms with E-state index in [9.17, 15) is 5.11 Å². The van der Waals surface area contributed by atoms with Crippen molar-refractivity contribution < 1.29 is 5.11 Å². The average Bonchev–Trinajstić information content (AvgIpc) is 2.65. The van der Waals surface area contributed by atoms with E-state index in [0.717, 1.165) is 39.4 Å². The van der Waals surface area contributed by atoms with Gasteiger partial charge in [0.05, 0.1) is 11.3 Å². The van der Waals surface area contributed by atoms with Crippen LogP contribution < -0.4 is 0 Å². The summed E-state index contributed by atoms with van der Waals surface area (Å²) in [6.45, 7) is 8.19. The summed E-state index contributed by atoms with van der Waals surface area (Å²) >= 11 is 0. The van der Waals surface area contributed by atoms with E-state index in [4.69, 9.17) is 4.98 Å². The highest BCUT2D eigenvalue weighted by Crippen LogP contribution is 2.39. The molecule has 1 N–H and O–H groups in total. The Labute approximate surface area is 166 Å². The van der Waals surface area contributed by atoms with Crippen LogP contribution in [-0.2, 0) is 12.0 Å². The maximum Gasteiger partial charge on any atom is 0.0853 e. The van der Waals surface area contributed by atoms with Crippen LogP contribution in [-0.4, -0.2) is 10.1 Å². The van der Waals surface area contributed by atoms with Gasteiger partial charge in [-0.25, -0.2) is 0 Å². The minimum atomic E-state index is -0.975. The highest BCUT2D eigenvalue weighted by molar-refractivity contribution is 6.00. The van der Waals surface area contributed by atoms with E-state index in [2.05, 4.69) is 62.4 Å². The number of rotatable bonds is 4. The van der Waals surface area contributed by atoms with Gasteiger partial charge < -0.3 is 5.11 Å². The average molecular weight is 370 g/mol. The molecule has 28 heavy (non-hydrogen) atoms. The molecule has 0 atom stereocenters. The van der Waals surface area contributed by atoms with Gasteiger partial charge in [0.15, 0.2) is 0 Å². The summed E-state index contributed by atoms with van der Waals surface area (Å²) in [4.78, 5) is 4.74. The number of fused-ring (bicyclic) bond motifs is 2. The van der Waals surface area contributed by atoms with Gasteiger partial charge in [0, 0.05) is 22.7 Å². The molecule has 0 radical (unpaired) electrons. The van der Waals surface area contributed by atoms with Gasteiger partial charge in [0.25, 0.3) is 0 Å². The van der Waals surface area contributed by atoms with E-state index in [0.29, 0.717) is 5.92 Å². The van der Waals surface area contributed by atoms with Gasteiger partial charge in [0.1, 0.15) is 0 Å². The van der Waals surface area contributed by atoms with Crippen LogP contribution >= 0.6 is 0 Å². The molecule has 0 aliphatic rings. The van der Waals surface area contributed by atoms with Crippen molar-refractivity contribution in [1.82, 2.24) is 4.98 Å². The summed E-state index contributed by atoms with van der Waals surface area (Å²) in [6.07, 6.45) is 2.94. The molecule has 4 aromatic rings. The first-order valence-corrected chi connectivity index (χ1v) is 9.97. The maximum atomic E-state index is 11.0. The molecular weight excluding hydrogens is 342 g/mol. The number of aromatic nitrogens is 1. The van der Waals surface area contributed by atoms with E-state index >= 15 is 0 Å². The Morgan fingerprint density at radius 2 is 1.68 bits per heavy atom. The third kappa shape index (κ3) is 3.41. The van der Waals surface area contributed by atoms with E-state index in [1.807, 2.05) is 32.2 Å². The Hall–Kier alpha value is -2.71. The first-order valence-electron chi connectivity index (χ1n) is 9.97. The van der Waals surface area contributed by atoms with Crippen LogP contribution in [0.15, 0.2) is 66.9 Å². The molecule has 0 aliphatic heterocycles. The first kappa shape index (κ1) is 18.6. The van der Waals surface area contributed by atoms with Gasteiger partial charge in [-0.3, -0.25) is 4.98 Å². The number of pyridine rings is 1. The van der Waals surface area contributed by atoms with Gasteiger partial charge in [0.2, 0.25) is 0 Å². The fraction of sp³-hybridized carbons (Fsp3) is 0.269. The zero-order valence-electron chi connectivity index (χ0n) is 17.0. The van der Waals surface area contributed by atoms with Crippen molar-refractivity contribution in [2.24, 2.45) is 5.92 Å². The number of hydrogen-bond acceptors (Lipinski definition) is 2. The van der Waals surface area contributed by atoms with Gasteiger partial charge in [-0.1, -0.05) is 68.4 Å². The molecule has 2 nitrogen and oxygen atoms in total. The third-order valence-corrected chi connectivity index (χ3v) is 5.27. The molecule has 0 fully saturated rings. The fourth-order valence-electron chi connectivity index (χ4n) is 4.17. The number of hydrogen-bond donors (Lipinski definition) is 1. The van der Waals surface area contributed by atoms with Gasteiger partial charge in [-0.15, -0.1) is 0 Å². The molecule has 0 bridgehead atoms. The topological polar surface area (TPSA) is 33.1 Å². The fourth-order valence-corrected chi connectivity index (χ4v) is 4.17. The lowest BCUT2D eigenvalue weighted by atomic mass is 9.85. The standard InChI is InChI=1S/C26H27NO/c1-17(2)15-18-9-11-22-20(16-18)13-14-27-25(22)23-12-10-19-7-5-6-8-21(19)24(23)26(3,4)28/h5-14,16-17,28H,15H2,1-4H3. The third-order valence-electron chi connectivity index (χ3n) is 5.27. The molecule has 1 heterocycles. The molecule has 0 saturated carbocycles. The molecule has 0 unspecified atom stereocenters. The van der Waals surface area contributed by atoms with E-state index in [1.165, 1.54) is 10.9 Å². The number of aliphatic hydroxyl groups is 1. The summed E-state index contributed by atoms with van der Waals surface area (Å²) < 4.78 is 0. The second-order valence-corrected chi connectivity index (χ2v) is 8.58. The van der Waals surface area contributed by atoms with Crippen LogP contribution in [0.3, 0.4) is 0 Å². The summed E-state index contributed by atoms with van der Waals surface area (Å²) in [5.41, 5.74) is 3.22. The van der Waals surface area contributed by atoms with Crippen LogP contribution in [0.4, 0.5) is 0 Å². The predicted octanol–water partition coefficient (Wildman–Crippen LogP) is 6.48. The smallest absolute Gasteiger partial charge is 0.0853 e. The van der Waals surface area contributed by atoms with Crippen molar-refractivity contribution in [3.05, 3.63) is 78.0 Å². The number of nitrogens with zero attached hydrogens (tertiary/aromatic N) is 1. The van der Waals surface area contributed by atoms with Crippen LogP contribution in [0.1, 0.15) is 38.8 Å². The second-order valence-electron chi connectivity index (χ2n) is 8.58. The summed E-state index contributed by atoms with van der Waals surface area (Å²) in [6, 6.07) is 21.2. The highest BCUT2D eigenvalue weighted by atomic mass is 16.3. The van der Waals surface area contributed by atoms with E-state index < -0.39 is 5.60 Å². The Kier molecular flexibility index (Phi) is 4.68. The van der Waals surface area contributed by atoms with Crippen molar-refractivity contribution in [2.45, 2.75) is 39.7 Å². The van der Waals surface area contributed by atoms with Crippen LogP contribution in [0.5, 0.6) is 0 Å². The lowest BCUT2D eigenvalue weighted by Gasteiger charge is -2.24. The molecule has 1 aromatic heterocycles. The van der Waals surface area contributed by atoms with E-state index in [-0.39, 0.29) is 0 Å². The van der Waals surface area contributed by atoms with E-state index in [1.54, 1.807) is 0 Å². The minimum Gasteiger partial charge on any atom is -0.386 e. The zero-order valence-corrected chi connectivity index (χ0v) is 17.0. The Balaban J connectivity index is 1.99. The second kappa shape index (κ2) is 7.03. The molecule has 0 saturated heterocycles. The zero-order chi connectivity index (χ0) is 19.9. The molecule has 2 heteroatoms. The Morgan fingerprint density at radius 3 is 2.43 bits per heavy atom.